The lowest BCUT2D eigenvalue weighted by Crippen LogP contribution is -1.96. The van der Waals surface area contributed by atoms with Crippen LogP contribution >= 0.6 is 11.6 Å². The van der Waals surface area contributed by atoms with Crippen LogP contribution in [0.2, 0.25) is 5.02 Å². The van der Waals surface area contributed by atoms with E-state index in [1.165, 1.54) is 6.20 Å². The third-order valence-corrected chi connectivity index (χ3v) is 5.63. The van der Waals surface area contributed by atoms with Crippen molar-refractivity contribution in [2.24, 2.45) is 0 Å². The SMILES string of the molecule is O=S(=O)(O)c1c[nH]c2cc(Cl)c(-c3ccc(-c4ccccc4O)cc3)cc12. The second-order valence-electron chi connectivity index (χ2n) is 6.10. The molecule has 27 heavy (non-hydrogen) atoms. The van der Waals surface area contributed by atoms with Gasteiger partial charge in [0.25, 0.3) is 10.1 Å². The summed E-state index contributed by atoms with van der Waals surface area (Å²) in [5, 5.41) is 10.8. The minimum Gasteiger partial charge on any atom is -0.507 e. The second kappa shape index (κ2) is 6.42. The molecule has 4 rings (SSSR count). The number of phenolic OH excluding ortho intramolecular Hbond substituents is 1. The van der Waals surface area contributed by atoms with Crippen LogP contribution in [0.25, 0.3) is 33.2 Å². The first kappa shape index (κ1) is 17.6. The molecule has 0 aliphatic heterocycles. The van der Waals surface area contributed by atoms with Gasteiger partial charge in [-0.2, -0.15) is 8.42 Å². The third kappa shape index (κ3) is 3.19. The van der Waals surface area contributed by atoms with Crippen LogP contribution in [0, 0.1) is 0 Å². The number of H-pyrrole nitrogens is 1. The Labute approximate surface area is 160 Å². The Morgan fingerprint density at radius 2 is 1.52 bits per heavy atom. The van der Waals surface area contributed by atoms with Gasteiger partial charge in [0.15, 0.2) is 0 Å². The van der Waals surface area contributed by atoms with Crippen LogP contribution in [0.15, 0.2) is 71.8 Å². The van der Waals surface area contributed by atoms with Gasteiger partial charge in [0.05, 0.1) is 5.02 Å². The van der Waals surface area contributed by atoms with Crippen molar-refractivity contribution in [3.8, 4) is 28.0 Å². The van der Waals surface area contributed by atoms with Crippen LogP contribution in [-0.4, -0.2) is 23.1 Å². The van der Waals surface area contributed by atoms with Crippen molar-refractivity contribution in [3.63, 3.8) is 0 Å². The van der Waals surface area contributed by atoms with Crippen LogP contribution < -0.4 is 0 Å². The van der Waals surface area contributed by atoms with E-state index in [2.05, 4.69) is 4.98 Å². The molecule has 0 saturated heterocycles. The molecule has 0 saturated carbocycles. The zero-order chi connectivity index (χ0) is 19.2. The van der Waals surface area contributed by atoms with Crippen molar-refractivity contribution in [2.75, 3.05) is 0 Å². The number of halogens is 1. The molecule has 0 aliphatic rings. The molecule has 0 radical (unpaired) electrons. The number of hydrogen-bond donors (Lipinski definition) is 3. The molecular formula is C20H14ClNO4S. The number of rotatable bonds is 3. The highest BCUT2D eigenvalue weighted by Gasteiger charge is 2.18. The smallest absolute Gasteiger partial charge is 0.296 e. The van der Waals surface area contributed by atoms with E-state index in [4.69, 9.17) is 11.6 Å². The van der Waals surface area contributed by atoms with E-state index >= 15 is 0 Å². The Bertz CT molecular complexity index is 1260. The van der Waals surface area contributed by atoms with E-state index < -0.39 is 10.1 Å². The van der Waals surface area contributed by atoms with Gasteiger partial charge < -0.3 is 10.1 Å². The Morgan fingerprint density at radius 3 is 2.15 bits per heavy atom. The van der Waals surface area contributed by atoms with E-state index in [-0.39, 0.29) is 10.6 Å². The molecule has 0 fully saturated rings. The molecule has 0 bridgehead atoms. The van der Waals surface area contributed by atoms with Gasteiger partial charge >= 0.3 is 0 Å². The van der Waals surface area contributed by atoms with Gasteiger partial charge in [0.2, 0.25) is 0 Å². The third-order valence-electron chi connectivity index (χ3n) is 4.42. The van der Waals surface area contributed by atoms with E-state index in [0.717, 1.165) is 11.1 Å². The molecule has 3 aromatic carbocycles. The quantitative estimate of drug-likeness (QED) is 0.417. The minimum absolute atomic E-state index is 0.190. The van der Waals surface area contributed by atoms with E-state index in [1.807, 2.05) is 36.4 Å². The Kier molecular flexibility index (Phi) is 4.19. The van der Waals surface area contributed by atoms with E-state index in [9.17, 15) is 18.1 Å². The molecule has 5 nitrogen and oxygen atoms in total. The van der Waals surface area contributed by atoms with Crippen LogP contribution in [0.5, 0.6) is 5.75 Å². The lowest BCUT2D eigenvalue weighted by Gasteiger charge is -2.09. The van der Waals surface area contributed by atoms with Gasteiger partial charge in [-0.25, -0.2) is 0 Å². The molecule has 0 aliphatic carbocycles. The summed E-state index contributed by atoms with van der Waals surface area (Å²) in [7, 11) is -4.35. The lowest BCUT2D eigenvalue weighted by atomic mass is 9.99. The number of fused-ring (bicyclic) bond motifs is 1. The van der Waals surface area contributed by atoms with Gasteiger partial charge in [0, 0.05) is 28.2 Å². The number of phenols is 1. The molecule has 1 heterocycles. The summed E-state index contributed by atoms with van der Waals surface area (Å²) in [6.07, 6.45) is 1.24. The fourth-order valence-electron chi connectivity index (χ4n) is 3.10. The summed E-state index contributed by atoms with van der Waals surface area (Å²) in [5.41, 5.74) is 3.49. The summed E-state index contributed by atoms with van der Waals surface area (Å²) in [6, 6.07) is 17.7. The second-order valence-corrected chi connectivity index (χ2v) is 7.90. The van der Waals surface area contributed by atoms with Crippen LogP contribution in [0.4, 0.5) is 0 Å². The number of aromatic hydroxyl groups is 1. The summed E-state index contributed by atoms with van der Waals surface area (Å²) >= 11 is 6.37. The largest absolute Gasteiger partial charge is 0.507 e. The molecule has 0 amide bonds. The standard InChI is InChI=1S/C20H14ClNO4S/c21-17-10-18-16(20(11-22-18)27(24,25)26)9-15(17)13-7-5-12(6-8-13)14-3-1-2-4-19(14)23/h1-11,22-23H,(H,24,25,26). The normalized spacial score (nSPS) is 11.8. The van der Waals surface area contributed by atoms with Crippen molar-refractivity contribution in [2.45, 2.75) is 4.90 Å². The lowest BCUT2D eigenvalue weighted by molar-refractivity contribution is 0.477. The fraction of sp³-hybridized carbons (Fsp3) is 0. The Morgan fingerprint density at radius 1 is 0.889 bits per heavy atom. The van der Waals surface area contributed by atoms with Crippen LogP contribution in [-0.2, 0) is 10.1 Å². The van der Waals surface area contributed by atoms with Gasteiger partial charge in [0.1, 0.15) is 10.6 Å². The van der Waals surface area contributed by atoms with Crippen molar-refractivity contribution in [1.82, 2.24) is 4.98 Å². The number of aromatic amines is 1. The first-order chi connectivity index (χ1) is 12.8. The maximum atomic E-state index is 11.6. The van der Waals surface area contributed by atoms with E-state index in [0.29, 0.717) is 27.1 Å². The molecule has 0 atom stereocenters. The Hall–Kier alpha value is -2.80. The van der Waals surface area contributed by atoms with Crippen molar-refractivity contribution in [3.05, 3.63) is 71.9 Å². The number of aromatic nitrogens is 1. The first-order valence-corrected chi connectivity index (χ1v) is 9.83. The summed E-state index contributed by atoms with van der Waals surface area (Å²) in [6.45, 7) is 0. The predicted molar refractivity (Wildman–Crippen MR) is 106 cm³/mol. The molecule has 0 unspecified atom stereocenters. The monoisotopic (exact) mass is 399 g/mol. The first-order valence-electron chi connectivity index (χ1n) is 8.01. The van der Waals surface area contributed by atoms with Crippen molar-refractivity contribution >= 4 is 32.6 Å². The number of para-hydroxylation sites is 1. The molecule has 4 aromatic rings. The topological polar surface area (TPSA) is 90.4 Å². The van der Waals surface area contributed by atoms with Crippen molar-refractivity contribution < 1.29 is 18.1 Å². The van der Waals surface area contributed by atoms with Gasteiger partial charge in [-0.05, 0) is 29.3 Å². The highest BCUT2D eigenvalue weighted by molar-refractivity contribution is 7.86. The van der Waals surface area contributed by atoms with Crippen LogP contribution in [0.1, 0.15) is 0 Å². The highest BCUT2D eigenvalue weighted by atomic mass is 35.5. The zero-order valence-electron chi connectivity index (χ0n) is 13.8. The molecule has 1 aromatic heterocycles. The maximum Gasteiger partial charge on any atom is 0.296 e. The molecule has 0 spiro atoms. The number of hydrogen-bond acceptors (Lipinski definition) is 3. The fourth-order valence-corrected chi connectivity index (χ4v) is 4.03. The molecule has 136 valence electrons. The van der Waals surface area contributed by atoms with Gasteiger partial charge in [-0.3, -0.25) is 4.55 Å². The minimum atomic E-state index is -4.35. The maximum absolute atomic E-state index is 11.6. The van der Waals surface area contributed by atoms with Gasteiger partial charge in [-0.15, -0.1) is 0 Å². The summed E-state index contributed by atoms with van der Waals surface area (Å²) in [4.78, 5) is 2.61. The van der Waals surface area contributed by atoms with Crippen LogP contribution in [0.3, 0.4) is 0 Å². The average molecular weight is 400 g/mol. The summed E-state index contributed by atoms with van der Waals surface area (Å²) < 4.78 is 32.5. The highest BCUT2D eigenvalue weighted by Crippen LogP contribution is 2.36. The number of nitrogens with one attached hydrogen (secondary N) is 1. The molecule has 7 heteroatoms. The zero-order valence-corrected chi connectivity index (χ0v) is 15.4. The molecule has 3 N–H and O–H groups in total. The van der Waals surface area contributed by atoms with Crippen molar-refractivity contribution in [1.29, 1.82) is 0 Å². The predicted octanol–water partition coefficient (Wildman–Crippen LogP) is 5.11. The number of benzene rings is 3. The average Bonchev–Trinajstić information content (AvgIpc) is 3.05. The summed E-state index contributed by atoms with van der Waals surface area (Å²) in [5.74, 6) is 0.190. The van der Waals surface area contributed by atoms with Gasteiger partial charge in [-0.1, -0.05) is 54.1 Å². The van der Waals surface area contributed by atoms with E-state index in [1.54, 1.807) is 24.3 Å². The Balaban J connectivity index is 1.82. The molecular weight excluding hydrogens is 386 g/mol.